The van der Waals surface area contributed by atoms with Gasteiger partial charge in [-0.05, 0) is 117 Å². The molecule has 328 valence electrons. The van der Waals surface area contributed by atoms with Crippen molar-refractivity contribution in [3.63, 3.8) is 0 Å². The second-order valence-corrected chi connectivity index (χ2v) is 18.4. The van der Waals surface area contributed by atoms with Gasteiger partial charge in [-0.3, -0.25) is 0 Å². The van der Waals surface area contributed by atoms with Gasteiger partial charge in [0.05, 0.1) is 16.4 Å². The van der Waals surface area contributed by atoms with E-state index in [-0.39, 0.29) is 0 Å². The van der Waals surface area contributed by atoms with E-state index in [4.69, 9.17) is 4.42 Å². The van der Waals surface area contributed by atoms with Gasteiger partial charge in [-0.15, -0.1) is 0 Å². The average molecular weight is 893 g/mol. The van der Waals surface area contributed by atoms with Gasteiger partial charge in [0.15, 0.2) is 0 Å². The maximum absolute atomic E-state index is 6.49. The molecular formula is C67H44N2O. The average Bonchev–Trinajstić information content (AvgIpc) is 4.09. The van der Waals surface area contributed by atoms with Crippen LogP contribution in [-0.2, 0) is 5.41 Å². The molecule has 2 heterocycles. The molecule has 1 aliphatic rings. The molecule has 3 nitrogen and oxygen atoms in total. The Bertz CT molecular complexity index is 4010. The van der Waals surface area contributed by atoms with Gasteiger partial charge in [0, 0.05) is 49.9 Å². The molecule has 0 aliphatic heterocycles. The number of furan rings is 1. The van der Waals surface area contributed by atoms with Crippen LogP contribution in [0.1, 0.15) is 22.3 Å². The third kappa shape index (κ3) is 6.08. The quantitative estimate of drug-likeness (QED) is 0.152. The number of anilines is 3. The molecule has 0 radical (unpaired) electrons. The first kappa shape index (κ1) is 39.9. The summed E-state index contributed by atoms with van der Waals surface area (Å²) in [6.45, 7) is 0. The topological polar surface area (TPSA) is 21.3 Å². The lowest BCUT2D eigenvalue weighted by Gasteiger charge is -2.34. The Morgan fingerprint density at radius 1 is 0.329 bits per heavy atom. The van der Waals surface area contributed by atoms with Crippen molar-refractivity contribution in [1.82, 2.24) is 4.57 Å². The van der Waals surface area contributed by atoms with Crippen LogP contribution in [0.5, 0.6) is 0 Å². The summed E-state index contributed by atoms with van der Waals surface area (Å²) >= 11 is 0. The molecule has 0 fully saturated rings. The van der Waals surface area contributed by atoms with Gasteiger partial charge in [-0.25, -0.2) is 0 Å². The van der Waals surface area contributed by atoms with E-state index in [1.165, 1.54) is 55.2 Å². The highest BCUT2D eigenvalue weighted by Crippen LogP contribution is 2.56. The van der Waals surface area contributed by atoms with Crippen LogP contribution >= 0.6 is 0 Å². The van der Waals surface area contributed by atoms with Gasteiger partial charge < -0.3 is 13.9 Å². The minimum atomic E-state index is -0.480. The van der Waals surface area contributed by atoms with Crippen LogP contribution in [0.3, 0.4) is 0 Å². The van der Waals surface area contributed by atoms with Crippen molar-refractivity contribution >= 4 is 60.8 Å². The monoisotopic (exact) mass is 892 g/mol. The van der Waals surface area contributed by atoms with Crippen LogP contribution in [0.15, 0.2) is 271 Å². The number of nitrogens with zero attached hydrogens (tertiary/aromatic N) is 2. The van der Waals surface area contributed by atoms with Gasteiger partial charge >= 0.3 is 0 Å². The first-order chi connectivity index (χ1) is 34.7. The molecule has 11 aromatic carbocycles. The predicted octanol–water partition coefficient (Wildman–Crippen LogP) is 17.8. The number of aromatic nitrogens is 1. The molecule has 2 aromatic heterocycles. The van der Waals surface area contributed by atoms with Crippen molar-refractivity contribution in [2.24, 2.45) is 0 Å². The summed E-state index contributed by atoms with van der Waals surface area (Å²) < 4.78 is 8.88. The van der Waals surface area contributed by atoms with Crippen molar-refractivity contribution in [1.29, 1.82) is 0 Å². The maximum atomic E-state index is 6.49. The van der Waals surface area contributed by atoms with Crippen LogP contribution in [-0.4, -0.2) is 4.57 Å². The molecule has 13 aromatic rings. The van der Waals surface area contributed by atoms with Crippen molar-refractivity contribution in [3.05, 3.63) is 289 Å². The van der Waals surface area contributed by atoms with Crippen molar-refractivity contribution < 1.29 is 4.42 Å². The minimum absolute atomic E-state index is 0.480. The molecular weight excluding hydrogens is 849 g/mol. The zero-order chi connectivity index (χ0) is 46.2. The fourth-order valence-electron chi connectivity index (χ4n) is 11.6. The number of fused-ring (bicyclic) bond motifs is 9. The molecule has 0 saturated carbocycles. The second kappa shape index (κ2) is 16.0. The third-order valence-electron chi connectivity index (χ3n) is 14.7. The summed E-state index contributed by atoms with van der Waals surface area (Å²) in [4.78, 5) is 2.37. The predicted molar refractivity (Wildman–Crippen MR) is 291 cm³/mol. The molecule has 14 rings (SSSR count). The van der Waals surface area contributed by atoms with E-state index in [0.29, 0.717) is 0 Å². The molecule has 0 unspecified atom stereocenters. The first-order valence-corrected chi connectivity index (χ1v) is 24.1. The van der Waals surface area contributed by atoms with E-state index in [0.717, 1.165) is 66.9 Å². The molecule has 0 saturated heterocycles. The standard InChI is InChI=1S/C67H44N2O/c1-2-17-48(18-3-1)67(61-27-9-4-20-55(61)56-21-5-10-28-62(56)67)49-36-42-52(43-37-49)68(51-40-34-46(35-41-51)54-25-15-26-60-59-24-8-13-31-65(59)70-66(54)60)50-38-32-45(33-39-50)47-16-14-19-53(44-47)69-63-29-11-6-22-57(63)58-23-7-12-30-64(58)69/h1-44H. The summed E-state index contributed by atoms with van der Waals surface area (Å²) in [7, 11) is 0. The van der Waals surface area contributed by atoms with Crippen molar-refractivity contribution in [3.8, 4) is 39.1 Å². The number of hydrogen-bond donors (Lipinski definition) is 0. The fourth-order valence-corrected chi connectivity index (χ4v) is 11.6. The minimum Gasteiger partial charge on any atom is -0.455 e. The van der Waals surface area contributed by atoms with Gasteiger partial charge in [0.25, 0.3) is 0 Å². The molecule has 0 spiro atoms. The Morgan fingerprint density at radius 2 is 0.814 bits per heavy atom. The first-order valence-electron chi connectivity index (χ1n) is 24.1. The fraction of sp³-hybridized carbons (Fsp3) is 0.0149. The molecule has 0 atom stereocenters. The Morgan fingerprint density at radius 3 is 1.47 bits per heavy atom. The number of hydrogen-bond acceptors (Lipinski definition) is 2. The lowest BCUT2D eigenvalue weighted by molar-refractivity contribution is 0.670. The molecule has 3 heteroatoms. The highest BCUT2D eigenvalue weighted by atomic mass is 16.3. The van der Waals surface area contributed by atoms with E-state index in [9.17, 15) is 0 Å². The summed E-state index contributed by atoms with van der Waals surface area (Å²) in [6.07, 6.45) is 0. The van der Waals surface area contributed by atoms with Crippen molar-refractivity contribution in [2.45, 2.75) is 5.41 Å². The summed E-state index contributed by atoms with van der Waals surface area (Å²) in [5.41, 5.74) is 20.2. The van der Waals surface area contributed by atoms with E-state index >= 15 is 0 Å². The highest BCUT2D eigenvalue weighted by Gasteiger charge is 2.45. The lowest BCUT2D eigenvalue weighted by Crippen LogP contribution is -2.28. The highest BCUT2D eigenvalue weighted by molar-refractivity contribution is 6.10. The summed E-state index contributed by atoms with van der Waals surface area (Å²) in [6, 6.07) is 97.2. The third-order valence-corrected chi connectivity index (χ3v) is 14.7. The van der Waals surface area contributed by atoms with E-state index < -0.39 is 5.41 Å². The Kier molecular flexibility index (Phi) is 9.11. The van der Waals surface area contributed by atoms with Crippen LogP contribution in [0.25, 0.3) is 82.8 Å². The van der Waals surface area contributed by atoms with Gasteiger partial charge in [0.1, 0.15) is 11.2 Å². The largest absolute Gasteiger partial charge is 0.455 e. The Hall–Kier alpha value is -9.18. The molecule has 1 aliphatic carbocycles. The van der Waals surface area contributed by atoms with Crippen LogP contribution in [0, 0.1) is 0 Å². The van der Waals surface area contributed by atoms with Crippen LogP contribution in [0.2, 0.25) is 0 Å². The number of rotatable bonds is 8. The van der Waals surface area contributed by atoms with E-state index in [2.05, 4.69) is 264 Å². The van der Waals surface area contributed by atoms with Gasteiger partial charge in [0.2, 0.25) is 0 Å². The van der Waals surface area contributed by atoms with E-state index in [1.54, 1.807) is 0 Å². The zero-order valence-electron chi connectivity index (χ0n) is 38.2. The van der Waals surface area contributed by atoms with Crippen molar-refractivity contribution in [2.75, 3.05) is 4.90 Å². The SMILES string of the molecule is c1ccc(C2(c3ccc(N(c4ccc(-c5cccc(-n6c7ccccc7c7ccccc76)c5)cc4)c4ccc(-c5cccc6c5oc5ccccc56)cc4)cc3)c3ccccc3-c3ccccc32)cc1. The van der Waals surface area contributed by atoms with Crippen LogP contribution < -0.4 is 4.90 Å². The van der Waals surface area contributed by atoms with Gasteiger partial charge in [-0.1, -0.05) is 200 Å². The summed E-state index contributed by atoms with van der Waals surface area (Å²) in [5, 5.41) is 4.77. The molecule has 0 N–H and O–H groups in total. The number of benzene rings is 11. The van der Waals surface area contributed by atoms with Gasteiger partial charge in [-0.2, -0.15) is 0 Å². The van der Waals surface area contributed by atoms with E-state index in [1.807, 2.05) is 12.1 Å². The summed E-state index contributed by atoms with van der Waals surface area (Å²) in [5.74, 6) is 0. The molecule has 0 amide bonds. The number of para-hydroxylation sites is 4. The lowest BCUT2D eigenvalue weighted by atomic mass is 9.68. The smallest absolute Gasteiger partial charge is 0.143 e. The van der Waals surface area contributed by atoms with Crippen LogP contribution in [0.4, 0.5) is 17.1 Å². The normalized spacial score (nSPS) is 12.7. The zero-order valence-corrected chi connectivity index (χ0v) is 38.2. The Labute approximate surface area is 406 Å². The maximum Gasteiger partial charge on any atom is 0.143 e. The Balaban J connectivity index is 0.887. The molecule has 0 bridgehead atoms. The molecule has 70 heavy (non-hydrogen) atoms. The second-order valence-electron chi connectivity index (χ2n) is 18.4.